The van der Waals surface area contributed by atoms with Gasteiger partial charge in [0.1, 0.15) is 12.4 Å². The number of carbonyl (C=O) groups is 1. The number of piperazine rings is 1. The highest BCUT2D eigenvalue weighted by Gasteiger charge is 2.19. The standard InChI is InChI=1S/C25H31FN4O2.2ClH/c26-21-8-6-20(7-9-21)19-30-12-10-22-23(3-1-4-24(22)30)29-15-13-28(14-16-29)17-18-32-25(31)5-2-11-27;;/h1,3-4,6-10,12H,2,5,11,13-19,27H2;2*1H. The van der Waals surface area contributed by atoms with Gasteiger partial charge in [-0.2, -0.15) is 0 Å². The van der Waals surface area contributed by atoms with Crippen LogP contribution in [0.25, 0.3) is 10.9 Å². The van der Waals surface area contributed by atoms with E-state index in [1.165, 1.54) is 28.7 Å². The molecule has 0 radical (unpaired) electrons. The third-order valence-electron chi connectivity index (χ3n) is 6.03. The lowest BCUT2D eigenvalue weighted by Gasteiger charge is -2.36. The molecule has 9 heteroatoms. The Kier molecular flexibility index (Phi) is 11.1. The first-order valence-corrected chi connectivity index (χ1v) is 11.3. The van der Waals surface area contributed by atoms with E-state index in [1.807, 2.05) is 12.1 Å². The summed E-state index contributed by atoms with van der Waals surface area (Å²) in [5.74, 6) is -0.372. The van der Waals surface area contributed by atoms with E-state index in [9.17, 15) is 9.18 Å². The lowest BCUT2D eigenvalue weighted by atomic mass is 10.1. The predicted molar refractivity (Wildman–Crippen MR) is 140 cm³/mol. The van der Waals surface area contributed by atoms with Crippen LogP contribution in [0.5, 0.6) is 0 Å². The SMILES string of the molecule is Cl.Cl.NCCCC(=O)OCCN1CCN(c2cccc3c2ccn3Cc2ccc(F)cc2)CC1. The fourth-order valence-electron chi connectivity index (χ4n) is 4.23. The smallest absolute Gasteiger partial charge is 0.305 e. The number of esters is 1. The Morgan fingerprint density at radius 3 is 2.44 bits per heavy atom. The molecule has 0 saturated carbocycles. The van der Waals surface area contributed by atoms with Crippen molar-refractivity contribution in [2.75, 3.05) is 50.8 Å². The molecule has 0 unspecified atom stereocenters. The number of halogens is 3. The summed E-state index contributed by atoms with van der Waals surface area (Å²) in [6.07, 6.45) is 3.18. The number of hydrogen-bond acceptors (Lipinski definition) is 5. The number of fused-ring (bicyclic) bond motifs is 1. The van der Waals surface area contributed by atoms with E-state index in [2.05, 4.69) is 44.8 Å². The zero-order valence-electron chi connectivity index (χ0n) is 19.2. The average molecular weight is 511 g/mol. The summed E-state index contributed by atoms with van der Waals surface area (Å²) in [5.41, 5.74) is 8.92. The molecule has 0 spiro atoms. The van der Waals surface area contributed by atoms with Crippen molar-refractivity contribution >= 4 is 47.4 Å². The summed E-state index contributed by atoms with van der Waals surface area (Å²) < 4.78 is 20.7. The Morgan fingerprint density at radius 2 is 1.74 bits per heavy atom. The fraction of sp³-hybridized carbons (Fsp3) is 0.400. The molecule has 1 aliphatic heterocycles. The number of nitrogens with zero attached hydrogens (tertiary/aromatic N) is 3. The van der Waals surface area contributed by atoms with Gasteiger partial charge >= 0.3 is 5.97 Å². The second-order valence-electron chi connectivity index (χ2n) is 8.22. The van der Waals surface area contributed by atoms with Gasteiger partial charge < -0.3 is 19.9 Å². The molecule has 0 amide bonds. The maximum atomic E-state index is 13.2. The van der Waals surface area contributed by atoms with Gasteiger partial charge in [0.05, 0.1) is 5.52 Å². The summed E-state index contributed by atoms with van der Waals surface area (Å²) in [5, 5.41) is 1.23. The molecule has 1 saturated heterocycles. The van der Waals surface area contributed by atoms with E-state index in [-0.39, 0.29) is 36.6 Å². The normalized spacial score (nSPS) is 13.9. The van der Waals surface area contributed by atoms with Gasteiger partial charge in [-0.25, -0.2) is 4.39 Å². The monoisotopic (exact) mass is 510 g/mol. The quantitative estimate of drug-likeness (QED) is 0.439. The molecule has 0 aliphatic carbocycles. The van der Waals surface area contributed by atoms with Crippen LogP contribution in [0.1, 0.15) is 18.4 Å². The van der Waals surface area contributed by atoms with Crippen molar-refractivity contribution in [3.63, 3.8) is 0 Å². The van der Waals surface area contributed by atoms with Gasteiger partial charge in [0.25, 0.3) is 0 Å². The minimum atomic E-state index is -0.211. The molecule has 2 heterocycles. The molecule has 186 valence electrons. The predicted octanol–water partition coefficient (Wildman–Crippen LogP) is 4.08. The Labute approximate surface area is 212 Å². The van der Waals surface area contributed by atoms with Crippen molar-refractivity contribution in [1.29, 1.82) is 0 Å². The Bertz CT molecular complexity index is 1040. The third-order valence-corrected chi connectivity index (χ3v) is 6.03. The van der Waals surface area contributed by atoms with Crippen molar-refractivity contribution in [3.8, 4) is 0 Å². The van der Waals surface area contributed by atoms with Crippen LogP contribution >= 0.6 is 24.8 Å². The highest BCUT2D eigenvalue weighted by Crippen LogP contribution is 2.29. The first-order valence-electron chi connectivity index (χ1n) is 11.3. The highest BCUT2D eigenvalue weighted by molar-refractivity contribution is 5.93. The largest absolute Gasteiger partial charge is 0.464 e. The van der Waals surface area contributed by atoms with Crippen molar-refractivity contribution in [2.24, 2.45) is 5.73 Å². The molecule has 34 heavy (non-hydrogen) atoms. The molecule has 4 rings (SSSR count). The fourth-order valence-corrected chi connectivity index (χ4v) is 4.23. The molecule has 3 aromatic rings. The Hall–Kier alpha value is -2.32. The second-order valence-corrected chi connectivity index (χ2v) is 8.22. The molecule has 0 bridgehead atoms. The molecule has 6 nitrogen and oxygen atoms in total. The molecule has 1 fully saturated rings. The number of nitrogens with two attached hydrogens (primary N) is 1. The Balaban J connectivity index is 0.00000204. The first-order chi connectivity index (χ1) is 15.6. The van der Waals surface area contributed by atoms with Crippen molar-refractivity contribution in [1.82, 2.24) is 9.47 Å². The molecule has 1 aliphatic rings. The number of aromatic nitrogens is 1. The van der Waals surface area contributed by atoms with Gasteiger partial charge in [-0.1, -0.05) is 18.2 Å². The highest BCUT2D eigenvalue weighted by atomic mass is 35.5. The van der Waals surface area contributed by atoms with Crippen molar-refractivity contribution in [3.05, 3.63) is 66.1 Å². The lowest BCUT2D eigenvalue weighted by Crippen LogP contribution is -2.47. The van der Waals surface area contributed by atoms with E-state index in [0.717, 1.165) is 38.3 Å². The molecule has 2 N–H and O–H groups in total. The topological polar surface area (TPSA) is 63.7 Å². The van der Waals surface area contributed by atoms with Crippen LogP contribution < -0.4 is 10.6 Å². The van der Waals surface area contributed by atoms with E-state index in [1.54, 1.807) is 0 Å². The van der Waals surface area contributed by atoms with Crippen molar-refractivity contribution in [2.45, 2.75) is 19.4 Å². The Morgan fingerprint density at radius 1 is 1.00 bits per heavy atom. The average Bonchev–Trinajstić information content (AvgIpc) is 3.22. The van der Waals surface area contributed by atoms with E-state index >= 15 is 0 Å². The van der Waals surface area contributed by atoms with Gasteiger partial charge in [0.15, 0.2) is 0 Å². The van der Waals surface area contributed by atoms with Crippen LogP contribution in [0.15, 0.2) is 54.7 Å². The van der Waals surface area contributed by atoms with Gasteiger partial charge in [-0.05, 0) is 48.9 Å². The van der Waals surface area contributed by atoms with Gasteiger partial charge in [0.2, 0.25) is 0 Å². The van der Waals surface area contributed by atoms with Crippen LogP contribution in [0.4, 0.5) is 10.1 Å². The summed E-state index contributed by atoms with van der Waals surface area (Å²) in [7, 11) is 0. The van der Waals surface area contributed by atoms with E-state index in [4.69, 9.17) is 10.5 Å². The second kappa shape index (κ2) is 13.5. The summed E-state index contributed by atoms with van der Waals surface area (Å²) in [6.45, 7) is 6.17. The van der Waals surface area contributed by atoms with Crippen LogP contribution in [0, 0.1) is 5.82 Å². The lowest BCUT2D eigenvalue weighted by molar-refractivity contribution is -0.144. The molecule has 2 aromatic carbocycles. The zero-order chi connectivity index (χ0) is 22.3. The van der Waals surface area contributed by atoms with Crippen LogP contribution in [0.2, 0.25) is 0 Å². The summed E-state index contributed by atoms with van der Waals surface area (Å²) >= 11 is 0. The van der Waals surface area contributed by atoms with Crippen LogP contribution in [-0.4, -0.2) is 61.3 Å². The van der Waals surface area contributed by atoms with Gasteiger partial charge in [-0.15, -0.1) is 24.8 Å². The van der Waals surface area contributed by atoms with E-state index in [0.29, 0.717) is 32.5 Å². The number of hydrogen-bond donors (Lipinski definition) is 1. The maximum absolute atomic E-state index is 13.2. The minimum absolute atomic E-state index is 0. The summed E-state index contributed by atoms with van der Waals surface area (Å²) in [6, 6.07) is 15.3. The van der Waals surface area contributed by atoms with E-state index < -0.39 is 0 Å². The number of rotatable bonds is 9. The molecule has 0 atom stereocenters. The zero-order valence-corrected chi connectivity index (χ0v) is 20.8. The third kappa shape index (κ3) is 7.09. The number of benzene rings is 2. The number of anilines is 1. The number of ether oxygens (including phenoxy) is 1. The first kappa shape index (κ1) is 27.9. The van der Waals surface area contributed by atoms with Gasteiger partial charge in [0, 0.05) is 63.0 Å². The van der Waals surface area contributed by atoms with Crippen LogP contribution in [-0.2, 0) is 16.1 Å². The number of carbonyl (C=O) groups excluding carboxylic acids is 1. The minimum Gasteiger partial charge on any atom is -0.464 e. The molecular weight excluding hydrogens is 478 g/mol. The molecule has 1 aromatic heterocycles. The summed E-state index contributed by atoms with van der Waals surface area (Å²) in [4.78, 5) is 16.4. The van der Waals surface area contributed by atoms with Crippen LogP contribution in [0.3, 0.4) is 0 Å². The van der Waals surface area contributed by atoms with Crippen molar-refractivity contribution < 1.29 is 13.9 Å². The molecular formula is C25H33Cl2FN4O2. The maximum Gasteiger partial charge on any atom is 0.305 e. The van der Waals surface area contributed by atoms with Gasteiger partial charge in [-0.3, -0.25) is 9.69 Å².